The van der Waals surface area contributed by atoms with Crippen LogP contribution in [0.15, 0.2) is 48.6 Å². The number of unbranched alkanes of at least 4 members (excludes halogenated alkanes) is 2. The summed E-state index contributed by atoms with van der Waals surface area (Å²) in [7, 11) is 0. The fourth-order valence-corrected chi connectivity index (χ4v) is 3.97. The van der Waals surface area contributed by atoms with Crippen LogP contribution in [0.1, 0.15) is 51.9 Å². The monoisotopic (exact) mass is 512 g/mol. The highest BCUT2D eigenvalue weighted by Crippen LogP contribution is 2.21. The Hall–Kier alpha value is -2.40. The number of amides is 1. The van der Waals surface area contributed by atoms with Gasteiger partial charge in [0.1, 0.15) is 6.54 Å². The number of aliphatic carboxylic acids is 2. The normalized spacial score (nSPS) is 15.7. The molecule has 0 rings (SSSR count). The van der Waals surface area contributed by atoms with Gasteiger partial charge in [-0.15, -0.1) is 11.8 Å². The van der Waals surface area contributed by atoms with Gasteiger partial charge in [0.15, 0.2) is 0 Å². The lowest BCUT2D eigenvalue weighted by Gasteiger charge is -2.21. The van der Waals surface area contributed by atoms with Crippen LogP contribution in [-0.2, 0) is 14.4 Å². The van der Waals surface area contributed by atoms with Gasteiger partial charge in [-0.25, -0.2) is 0 Å². The van der Waals surface area contributed by atoms with Gasteiger partial charge < -0.3 is 31.5 Å². The molecule has 0 aliphatic heterocycles. The van der Waals surface area contributed by atoms with Crippen molar-refractivity contribution in [2.24, 2.45) is 5.73 Å². The minimum atomic E-state index is -1.17. The fourth-order valence-electron chi connectivity index (χ4n) is 2.83. The smallest absolute Gasteiger partial charge is 0.322 e. The van der Waals surface area contributed by atoms with E-state index in [9.17, 15) is 24.6 Å². The number of carbonyl (C=O) groups excluding carboxylic acids is 1. The summed E-state index contributed by atoms with van der Waals surface area (Å²) in [4.78, 5) is 33.2. The first-order valence-corrected chi connectivity index (χ1v) is 12.8. The van der Waals surface area contributed by atoms with Gasteiger partial charge in [-0.05, 0) is 19.3 Å². The van der Waals surface area contributed by atoms with E-state index >= 15 is 0 Å². The van der Waals surface area contributed by atoms with Crippen molar-refractivity contribution < 1.29 is 34.8 Å². The lowest BCUT2D eigenvalue weighted by atomic mass is 10.1. The number of nitrogens with two attached hydrogens (primary N) is 1. The second kappa shape index (κ2) is 20.9. The third-order valence-corrected chi connectivity index (χ3v) is 6.19. The number of hydrogen-bond donors (Lipinski definition) is 6. The Morgan fingerprint density at radius 1 is 0.886 bits per heavy atom. The van der Waals surface area contributed by atoms with E-state index in [1.807, 2.05) is 0 Å². The summed E-state index contributed by atoms with van der Waals surface area (Å²) in [5.74, 6) is -2.57. The molecule has 0 aromatic heterocycles. The molecule has 0 heterocycles. The molecular weight excluding hydrogens is 472 g/mol. The first kappa shape index (κ1) is 32.6. The third kappa shape index (κ3) is 19.6. The quantitative estimate of drug-likeness (QED) is 0.106. The zero-order chi connectivity index (χ0) is 26.5. The van der Waals surface area contributed by atoms with Crippen molar-refractivity contribution >= 4 is 29.6 Å². The van der Waals surface area contributed by atoms with Crippen LogP contribution >= 0.6 is 11.8 Å². The van der Waals surface area contributed by atoms with E-state index in [-0.39, 0.29) is 18.6 Å². The maximum atomic E-state index is 11.9. The van der Waals surface area contributed by atoms with Crippen molar-refractivity contribution in [3.63, 3.8) is 0 Å². The Morgan fingerprint density at radius 3 is 2.11 bits per heavy atom. The van der Waals surface area contributed by atoms with Crippen LogP contribution in [0.4, 0.5) is 0 Å². The first-order chi connectivity index (χ1) is 16.7. The number of aliphatic hydroxyl groups excluding tert-OH is 2. The lowest BCUT2D eigenvalue weighted by Crippen LogP contribution is -2.44. The number of allylic oxidation sites excluding steroid dienone is 6. The van der Waals surface area contributed by atoms with E-state index in [0.29, 0.717) is 6.42 Å². The molecule has 9 nitrogen and oxygen atoms in total. The van der Waals surface area contributed by atoms with Crippen LogP contribution in [0, 0.1) is 0 Å². The first-order valence-electron chi connectivity index (χ1n) is 11.8. The Labute approximate surface area is 211 Å². The van der Waals surface area contributed by atoms with Crippen LogP contribution in [0.25, 0.3) is 0 Å². The van der Waals surface area contributed by atoms with Crippen molar-refractivity contribution in [1.82, 2.24) is 5.32 Å². The number of carboxylic acid groups (broad SMARTS) is 2. The van der Waals surface area contributed by atoms with Gasteiger partial charge in [-0.3, -0.25) is 14.4 Å². The van der Waals surface area contributed by atoms with Gasteiger partial charge in [0, 0.05) is 17.4 Å². The highest BCUT2D eigenvalue weighted by Gasteiger charge is 2.21. The van der Waals surface area contributed by atoms with Gasteiger partial charge in [0.2, 0.25) is 5.91 Å². The minimum Gasteiger partial charge on any atom is -0.481 e. The summed E-state index contributed by atoms with van der Waals surface area (Å²) in [6.07, 6.45) is 17.3. The van der Waals surface area contributed by atoms with Crippen molar-refractivity contribution in [2.45, 2.75) is 75.4 Å². The lowest BCUT2D eigenvalue weighted by molar-refractivity contribution is -0.138. The molecule has 7 N–H and O–H groups in total. The molecule has 0 aliphatic rings. The Kier molecular flexibility index (Phi) is 19.5. The predicted octanol–water partition coefficient (Wildman–Crippen LogP) is 2.40. The van der Waals surface area contributed by atoms with Gasteiger partial charge in [-0.1, -0.05) is 74.8 Å². The largest absolute Gasteiger partial charge is 0.481 e. The second-order valence-corrected chi connectivity index (χ2v) is 9.18. The standard InChI is InChI=1S/C25H40N2O7S/c1-2-3-8-12-19(28)13-9-6-4-5-7-10-15-22(21(29)14-11-16-23(30)31)35-18-20(26)25(34)27-17-24(32)33/h4-7,9-10,13,15,19-22,28-29H,2-3,8,11-12,14,16-18,26H2,1H3,(H,27,34)(H,30,31)(H,32,33)/b6-4-,7-5+,13-9+,15-10+/t19-,20-,21?,22+/m0/s1. The van der Waals surface area contributed by atoms with Gasteiger partial charge in [0.25, 0.3) is 0 Å². The SMILES string of the molecule is CCCCC[C@H](O)/C=C/C=C\C=C\C=C\[C@@H](SC[C@H](N)C(=O)NCC(=O)O)C(O)CCCC(=O)O. The molecule has 4 atom stereocenters. The summed E-state index contributed by atoms with van der Waals surface area (Å²) >= 11 is 1.23. The number of carbonyl (C=O) groups is 3. The fraction of sp³-hybridized carbons (Fsp3) is 0.560. The van der Waals surface area contributed by atoms with Crippen molar-refractivity contribution in [1.29, 1.82) is 0 Å². The summed E-state index contributed by atoms with van der Waals surface area (Å²) in [6.45, 7) is 1.59. The molecule has 1 unspecified atom stereocenters. The summed E-state index contributed by atoms with van der Waals surface area (Å²) in [5, 5.41) is 39.5. The van der Waals surface area contributed by atoms with Crippen LogP contribution in [0.5, 0.6) is 0 Å². The van der Waals surface area contributed by atoms with E-state index in [0.717, 1.165) is 25.7 Å². The van der Waals surface area contributed by atoms with Gasteiger partial charge >= 0.3 is 11.9 Å². The molecule has 0 fully saturated rings. The Bertz CT molecular complexity index is 737. The van der Waals surface area contributed by atoms with Gasteiger partial charge in [0.05, 0.1) is 18.2 Å². The molecule has 0 spiro atoms. The zero-order valence-electron chi connectivity index (χ0n) is 20.3. The highest BCUT2D eigenvalue weighted by atomic mass is 32.2. The number of carboxylic acids is 2. The van der Waals surface area contributed by atoms with E-state index < -0.39 is 47.9 Å². The zero-order valence-corrected chi connectivity index (χ0v) is 21.1. The predicted molar refractivity (Wildman–Crippen MR) is 139 cm³/mol. The molecule has 0 saturated carbocycles. The van der Waals surface area contributed by atoms with Crippen molar-refractivity contribution in [2.75, 3.05) is 12.3 Å². The number of nitrogens with one attached hydrogen (secondary N) is 1. The summed E-state index contributed by atoms with van der Waals surface area (Å²) in [5.41, 5.74) is 5.81. The van der Waals surface area contributed by atoms with E-state index in [1.165, 1.54) is 11.8 Å². The molecule has 0 saturated heterocycles. The highest BCUT2D eigenvalue weighted by molar-refractivity contribution is 8.00. The Balaban J connectivity index is 4.81. The van der Waals surface area contributed by atoms with Crippen LogP contribution in [-0.4, -0.2) is 74.1 Å². The van der Waals surface area contributed by atoms with Crippen LogP contribution in [0.2, 0.25) is 0 Å². The number of rotatable bonds is 20. The molecule has 0 aromatic carbocycles. The minimum absolute atomic E-state index is 0.0548. The van der Waals surface area contributed by atoms with Crippen LogP contribution < -0.4 is 11.1 Å². The molecule has 0 aromatic rings. The molecule has 0 bridgehead atoms. The van der Waals surface area contributed by atoms with Gasteiger partial charge in [-0.2, -0.15) is 0 Å². The number of hydrogen-bond acceptors (Lipinski definition) is 7. The second-order valence-electron chi connectivity index (χ2n) is 7.97. The van der Waals surface area contributed by atoms with Crippen molar-refractivity contribution in [3.05, 3.63) is 48.6 Å². The van der Waals surface area contributed by atoms with Crippen molar-refractivity contribution in [3.8, 4) is 0 Å². The topological polar surface area (TPSA) is 170 Å². The molecule has 198 valence electrons. The third-order valence-electron chi connectivity index (χ3n) is 4.78. The van der Waals surface area contributed by atoms with E-state index in [1.54, 1.807) is 48.6 Å². The van der Waals surface area contributed by atoms with E-state index in [4.69, 9.17) is 15.9 Å². The molecule has 1 amide bonds. The maximum absolute atomic E-state index is 11.9. The summed E-state index contributed by atoms with van der Waals surface area (Å²) < 4.78 is 0. The van der Waals surface area contributed by atoms with Crippen LogP contribution in [0.3, 0.4) is 0 Å². The average Bonchev–Trinajstić information content (AvgIpc) is 2.80. The maximum Gasteiger partial charge on any atom is 0.322 e. The molecule has 0 aliphatic carbocycles. The molecule has 0 radical (unpaired) electrons. The number of thioether (sulfide) groups is 1. The molecule has 10 heteroatoms. The number of aliphatic hydroxyl groups is 2. The summed E-state index contributed by atoms with van der Waals surface area (Å²) in [6, 6.07) is -0.955. The average molecular weight is 513 g/mol. The Morgan fingerprint density at radius 2 is 1.51 bits per heavy atom. The van der Waals surface area contributed by atoms with E-state index in [2.05, 4.69) is 12.2 Å². The molecule has 35 heavy (non-hydrogen) atoms. The molecular formula is C25H40N2O7S.